The van der Waals surface area contributed by atoms with Gasteiger partial charge in [-0.1, -0.05) is 18.2 Å². The number of rotatable bonds is 5. The molecule has 0 aromatic heterocycles. The summed E-state index contributed by atoms with van der Waals surface area (Å²) in [5, 5.41) is 0. The van der Waals surface area contributed by atoms with E-state index >= 15 is 0 Å². The normalized spacial score (nSPS) is 16.9. The van der Waals surface area contributed by atoms with Crippen molar-refractivity contribution in [2.75, 3.05) is 56.2 Å². The Kier molecular flexibility index (Phi) is 5.53. The predicted octanol–water partition coefficient (Wildman–Crippen LogP) is 2.97. The average Bonchev–Trinajstić information content (AvgIpc) is 3.16. The van der Waals surface area contributed by atoms with Crippen LogP contribution < -0.4 is 14.5 Å². The van der Waals surface area contributed by atoms with Crippen molar-refractivity contribution in [1.82, 2.24) is 4.90 Å². The Morgan fingerprint density at radius 2 is 1.86 bits per heavy atom. The summed E-state index contributed by atoms with van der Waals surface area (Å²) in [5.41, 5.74) is 5.03. The molecule has 148 valence electrons. The molecule has 0 N–H and O–H groups in total. The first-order chi connectivity index (χ1) is 13.6. The Balaban J connectivity index is 1.29. The molecule has 5 nitrogen and oxygen atoms in total. The van der Waals surface area contributed by atoms with Crippen LogP contribution in [-0.4, -0.2) is 57.2 Å². The van der Waals surface area contributed by atoms with Crippen LogP contribution in [-0.2, 0) is 17.6 Å². The molecule has 0 radical (unpaired) electrons. The van der Waals surface area contributed by atoms with Crippen molar-refractivity contribution in [3.63, 3.8) is 0 Å². The highest BCUT2D eigenvalue weighted by Crippen LogP contribution is 2.29. The largest absolute Gasteiger partial charge is 0.497 e. The molecule has 2 aliphatic rings. The lowest BCUT2D eigenvalue weighted by Crippen LogP contribution is -2.47. The van der Waals surface area contributed by atoms with Crippen molar-refractivity contribution in [3.05, 3.63) is 53.6 Å². The zero-order chi connectivity index (χ0) is 19.5. The van der Waals surface area contributed by atoms with Gasteiger partial charge >= 0.3 is 0 Å². The molecule has 1 saturated heterocycles. The third-order valence-corrected chi connectivity index (χ3v) is 5.93. The molecule has 2 aromatic carbocycles. The van der Waals surface area contributed by atoms with Crippen LogP contribution in [0.5, 0.6) is 5.75 Å². The summed E-state index contributed by atoms with van der Waals surface area (Å²) >= 11 is 0. The zero-order valence-electron chi connectivity index (χ0n) is 16.9. The highest BCUT2D eigenvalue weighted by atomic mass is 16.5. The van der Waals surface area contributed by atoms with E-state index in [0.717, 1.165) is 63.5 Å². The minimum Gasteiger partial charge on any atom is -0.497 e. The number of ether oxygens (including phenoxy) is 1. The average molecular weight is 380 g/mol. The van der Waals surface area contributed by atoms with Gasteiger partial charge in [0.1, 0.15) is 5.75 Å². The van der Waals surface area contributed by atoms with E-state index in [2.05, 4.69) is 46.2 Å². The monoisotopic (exact) mass is 379 g/mol. The number of hydrogen-bond donors (Lipinski definition) is 0. The molecular weight excluding hydrogens is 350 g/mol. The summed E-state index contributed by atoms with van der Waals surface area (Å²) in [7, 11) is 1.72. The van der Waals surface area contributed by atoms with Crippen molar-refractivity contribution in [3.8, 4) is 5.75 Å². The molecule has 5 heteroatoms. The van der Waals surface area contributed by atoms with Gasteiger partial charge < -0.3 is 14.5 Å². The number of carbonyl (C=O) groups excluding carboxylic acids is 1. The van der Waals surface area contributed by atoms with E-state index in [0.29, 0.717) is 0 Å². The number of benzene rings is 2. The van der Waals surface area contributed by atoms with E-state index in [9.17, 15) is 4.79 Å². The van der Waals surface area contributed by atoms with Gasteiger partial charge in [-0.2, -0.15) is 0 Å². The maximum atomic E-state index is 11.7. The van der Waals surface area contributed by atoms with Gasteiger partial charge in [-0.05, 0) is 42.2 Å². The van der Waals surface area contributed by atoms with E-state index in [4.69, 9.17) is 4.74 Å². The second kappa shape index (κ2) is 8.23. The Bertz CT molecular complexity index is 843. The molecule has 0 unspecified atom stereocenters. The fraction of sp³-hybridized carbons (Fsp3) is 0.435. The van der Waals surface area contributed by atoms with Gasteiger partial charge in [-0.15, -0.1) is 0 Å². The number of carbonyl (C=O) groups is 1. The van der Waals surface area contributed by atoms with E-state index in [-0.39, 0.29) is 5.91 Å². The number of amides is 1. The molecule has 0 aliphatic carbocycles. The first-order valence-electron chi connectivity index (χ1n) is 10.2. The lowest BCUT2D eigenvalue weighted by molar-refractivity contribution is -0.116. The van der Waals surface area contributed by atoms with Gasteiger partial charge in [0, 0.05) is 63.6 Å². The summed E-state index contributed by atoms with van der Waals surface area (Å²) in [4.78, 5) is 18.6. The quantitative estimate of drug-likeness (QED) is 0.800. The van der Waals surface area contributed by atoms with Gasteiger partial charge in [0.25, 0.3) is 0 Å². The minimum atomic E-state index is 0.139. The summed E-state index contributed by atoms with van der Waals surface area (Å²) in [6, 6.07) is 14.9. The highest BCUT2D eigenvalue weighted by Gasteiger charge is 2.22. The Morgan fingerprint density at radius 3 is 2.61 bits per heavy atom. The number of methoxy groups -OCH3 is 1. The van der Waals surface area contributed by atoms with Crippen LogP contribution in [0, 0.1) is 0 Å². The molecule has 28 heavy (non-hydrogen) atoms. The van der Waals surface area contributed by atoms with E-state index in [1.165, 1.54) is 16.8 Å². The Hall–Kier alpha value is -2.53. The minimum absolute atomic E-state index is 0.139. The third-order valence-electron chi connectivity index (χ3n) is 5.93. The summed E-state index contributed by atoms with van der Waals surface area (Å²) in [6.45, 7) is 7.81. The molecule has 2 aromatic rings. The van der Waals surface area contributed by atoms with Crippen LogP contribution in [0.3, 0.4) is 0 Å². The van der Waals surface area contributed by atoms with Crippen LogP contribution in [0.25, 0.3) is 0 Å². The standard InChI is InChI=1S/C23H29N3O2/c1-18(27)26-11-9-20-16-19(6-7-23(20)26)8-10-24-12-14-25(15-13-24)21-4-3-5-22(17-21)28-2/h3-7,16-17H,8-15H2,1-2H3. The fourth-order valence-electron chi connectivity index (χ4n) is 4.26. The summed E-state index contributed by atoms with van der Waals surface area (Å²) in [6.07, 6.45) is 2.04. The van der Waals surface area contributed by atoms with Crippen molar-refractivity contribution < 1.29 is 9.53 Å². The molecule has 0 atom stereocenters. The van der Waals surface area contributed by atoms with E-state index in [1.54, 1.807) is 14.0 Å². The van der Waals surface area contributed by atoms with Crippen molar-refractivity contribution in [1.29, 1.82) is 0 Å². The number of piperazine rings is 1. The highest BCUT2D eigenvalue weighted by molar-refractivity contribution is 5.93. The van der Waals surface area contributed by atoms with Gasteiger partial charge in [-0.3, -0.25) is 9.69 Å². The molecule has 1 amide bonds. The maximum absolute atomic E-state index is 11.7. The molecule has 0 saturated carbocycles. The summed E-state index contributed by atoms with van der Waals surface area (Å²) in [5.74, 6) is 1.06. The molecule has 2 heterocycles. The smallest absolute Gasteiger partial charge is 0.223 e. The second-order valence-corrected chi connectivity index (χ2v) is 7.66. The number of anilines is 2. The van der Waals surface area contributed by atoms with Gasteiger partial charge in [0.05, 0.1) is 7.11 Å². The van der Waals surface area contributed by atoms with Crippen LogP contribution in [0.15, 0.2) is 42.5 Å². The van der Waals surface area contributed by atoms with Gasteiger partial charge in [-0.25, -0.2) is 0 Å². The second-order valence-electron chi connectivity index (χ2n) is 7.66. The topological polar surface area (TPSA) is 36.0 Å². The van der Waals surface area contributed by atoms with Crippen LogP contribution in [0.4, 0.5) is 11.4 Å². The molecule has 2 aliphatic heterocycles. The van der Waals surface area contributed by atoms with Crippen LogP contribution in [0.2, 0.25) is 0 Å². The molecule has 1 fully saturated rings. The third kappa shape index (κ3) is 3.99. The van der Waals surface area contributed by atoms with E-state index in [1.807, 2.05) is 11.0 Å². The van der Waals surface area contributed by atoms with Crippen LogP contribution >= 0.6 is 0 Å². The SMILES string of the molecule is COc1cccc(N2CCN(CCc3ccc4c(c3)CCN4C(C)=O)CC2)c1. The van der Waals surface area contributed by atoms with Crippen LogP contribution in [0.1, 0.15) is 18.1 Å². The summed E-state index contributed by atoms with van der Waals surface area (Å²) < 4.78 is 5.35. The molecular formula is C23H29N3O2. The van der Waals surface area contributed by atoms with Crippen molar-refractivity contribution in [2.24, 2.45) is 0 Å². The molecule has 0 bridgehead atoms. The Labute approximate surface area is 167 Å². The number of hydrogen-bond acceptors (Lipinski definition) is 4. The number of fused-ring (bicyclic) bond motifs is 1. The maximum Gasteiger partial charge on any atom is 0.223 e. The number of nitrogens with zero attached hydrogens (tertiary/aromatic N) is 3. The fourth-order valence-corrected chi connectivity index (χ4v) is 4.26. The lowest BCUT2D eigenvalue weighted by Gasteiger charge is -2.36. The zero-order valence-corrected chi connectivity index (χ0v) is 16.9. The first kappa shape index (κ1) is 18.8. The Morgan fingerprint density at radius 1 is 1.04 bits per heavy atom. The van der Waals surface area contributed by atoms with Gasteiger partial charge in [0.2, 0.25) is 5.91 Å². The lowest BCUT2D eigenvalue weighted by atomic mass is 10.1. The van der Waals surface area contributed by atoms with E-state index < -0.39 is 0 Å². The van der Waals surface area contributed by atoms with Gasteiger partial charge in [0.15, 0.2) is 0 Å². The molecule has 4 rings (SSSR count). The van der Waals surface area contributed by atoms with Crippen molar-refractivity contribution >= 4 is 17.3 Å². The van der Waals surface area contributed by atoms with Crippen molar-refractivity contribution in [2.45, 2.75) is 19.8 Å². The predicted molar refractivity (Wildman–Crippen MR) is 114 cm³/mol. The molecule has 0 spiro atoms. The first-order valence-corrected chi connectivity index (χ1v) is 10.2.